The van der Waals surface area contributed by atoms with Crippen molar-refractivity contribution in [1.82, 2.24) is 10.6 Å². The lowest BCUT2D eigenvalue weighted by atomic mass is 10.2. The van der Waals surface area contributed by atoms with E-state index >= 15 is 0 Å². The first-order valence-corrected chi connectivity index (χ1v) is 5.54. The number of amides is 2. The van der Waals surface area contributed by atoms with Crippen molar-refractivity contribution in [2.75, 3.05) is 19.7 Å². The van der Waals surface area contributed by atoms with E-state index in [1.165, 1.54) is 0 Å². The highest BCUT2D eigenvalue weighted by molar-refractivity contribution is 5.82. The van der Waals surface area contributed by atoms with Gasteiger partial charge in [0, 0.05) is 6.54 Å². The Morgan fingerprint density at radius 3 is 2.56 bits per heavy atom. The first-order chi connectivity index (χ1) is 8.72. The van der Waals surface area contributed by atoms with Crippen molar-refractivity contribution in [3.8, 4) is 0 Å². The summed E-state index contributed by atoms with van der Waals surface area (Å²) in [6.07, 6.45) is -0.655. The van der Waals surface area contributed by atoms with Gasteiger partial charge in [-0.15, -0.1) is 0 Å². The minimum atomic E-state index is -0.655. The zero-order valence-corrected chi connectivity index (χ0v) is 9.89. The number of benzene rings is 1. The zero-order valence-electron chi connectivity index (χ0n) is 9.89. The third-order valence-corrected chi connectivity index (χ3v) is 2.04. The second-order valence-corrected chi connectivity index (χ2v) is 3.49. The number of aliphatic hydroxyl groups is 1. The van der Waals surface area contributed by atoms with Crippen LogP contribution in [0.5, 0.6) is 0 Å². The zero-order chi connectivity index (χ0) is 13.2. The maximum Gasteiger partial charge on any atom is 0.407 e. The number of aliphatic hydroxyl groups excluding tert-OH is 1. The molecular formula is C12H16N2O4. The van der Waals surface area contributed by atoms with Gasteiger partial charge in [0.1, 0.15) is 6.61 Å². The van der Waals surface area contributed by atoms with Crippen molar-refractivity contribution in [3.05, 3.63) is 35.9 Å². The van der Waals surface area contributed by atoms with E-state index in [1.807, 2.05) is 30.3 Å². The molecule has 0 aliphatic heterocycles. The number of ether oxygens (including phenoxy) is 1. The molecule has 0 aromatic heterocycles. The molecule has 0 unspecified atom stereocenters. The van der Waals surface area contributed by atoms with E-state index in [0.717, 1.165) is 5.56 Å². The van der Waals surface area contributed by atoms with Crippen LogP contribution in [-0.4, -0.2) is 36.8 Å². The smallest absolute Gasteiger partial charge is 0.407 e. The molecule has 18 heavy (non-hydrogen) atoms. The standard InChI is InChI=1S/C12H16N2O4/c15-7-6-13-11(16)8-14-12(17)18-9-10-4-2-1-3-5-10/h1-5,15H,6-9H2,(H,13,16)(H,14,17). The monoisotopic (exact) mass is 252 g/mol. The summed E-state index contributed by atoms with van der Waals surface area (Å²) in [5.41, 5.74) is 0.873. The highest BCUT2D eigenvalue weighted by atomic mass is 16.5. The fourth-order valence-corrected chi connectivity index (χ4v) is 1.18. The largest absolute Gasteiger partial charge is 0.445 e. The van der Waals surface area contributed by atoms with Crippen LogP contribution in [0.15, 0.2) is 30.3 Å². The first kappa shape index (κ1) is 14.0. The molecule has 0 saturated carbocycles. The summed E-state index contributed by atoms with van der Waals surface area (Å²) in [5.74, 6) is -0.374. The van der Waals surface area contributed by atoms with Gasteiger partial charge in [0.15, 0.2) is 0 Å². The second-order valence-electron chi connectivity index (χ2n) is 3.49. The lowest BCUT2D eigenvalue weighted by Crippen LogP contribution is -2.38. The molecule has 98 valence electrons. The maximum absolute atomic E-state index is 11.2. The molecule has 1 rings (SSSR count). The molecule has 0 saturated heterocycles. The molecule has 1 aromatic rings. The van der Waals surface area contributed by atoms with Gasteiger partial charge in [-0.3, -0.25) is 4.79 Å². The van der Waals surface area contributed by atoms with Crippen molar-refractivity contribution in [2.24, 2.45) is 0 Å². The molecule has 2 amide bonds. The maximum atomic E-state index is 11.2. The van der Waals surface area contributed by atoms with Crippen molar-refractivity contribution < 1.29 is 19.4 Å². The molecule has 6 heteroatoms. The fraction of sp³-hybridized carbons (Fsp3) is 0.333. The summed E-state index contributed by atoms with van der Waals surface area (Å²) in [4.78, 5) is 22.3. The molecule has 0 heterocycles. The van der Waals surface area contributed by atoms with Crippen molar-refractivity contribution in [1.29, 1.82) is 0 Å². The summed E-state index contributed by atoms with van der Waals surface area (Å²) < 4.78 is 4.90. The van der Waals surface area contributed by atoms with E-state index in [0.29, 0.717) is 0 Å². The summed E-state index contributed by atoms with van der Waals surface area (Å²) in [7, 11) is 0. The summed E-state index contributed by atoms with van der Waals surface area (Å²) in [5, 5.41) is 13.2. The number of hydrogen-bond donors (Lipinski definition) is 3. The fourth-order valence-electron chi connectivity index (χ4n) is 1.18. The van der Waals surface area contributed by atoms with Gasteiger partial charge in [0.25, 0.3) is 0 Å². The highest BCUT2D eigenvalue weighted by Crippen LogP contribution is 2.00. The van der Waals surface area contributed by atoms with Gasteiger partial charge in [0.05, 0.1) is 13.2 Å². The molecule has 0 fully saturated rings. The summed E-state index contributed by atoms with van der Waals surface area (Å²) in [6, 6.07) is 9.23. The van der Waals surface area contributed by atoms with Crippen LogP contribution in [0.3, 0.4) is 0 Å². The van der Waals surface area contributed by atoms with Gasteiger partial charge >= 0.3 is 6.09 Å². The van der Waals surface area contributed by atoms with Gasteiger partial charge in [0.2, 0.25) is 5.91 Å². The number of hydrogen-bond acceptors (Lipinski definition) is 4. The van der Waals surface area contributed by atoms with Gasteiger partial charge in [-0.1, -0.05) is 30.3 Å². The molecule has 1 aromatic carbocycles. The molecular weight excluding hydrogens is 236 g/mol. The minimum Gasteiger partial charge on any atom is -0.445 e. The number of carbonyl (C=O) groups is 2. The van der Waals surface area contributed by atoms with E-state index in [-0.39, 0.29) is 32.2 Å². The van der Waals surface area contributed by atoms with Crippen LogP contribution >= 0.6 is 0 Å². The van der Waals surface area contributed by atoms with Crippen LogP contribution in [0, 0.1) is 0 Å². The van der Waals surface area contributed by atoms with Gasteiger partial charge in [-0.05, 0) is 5.56 Å². The normalized spacial score (nSPS) is 9.61. The third-order valence-electron chi connectivity index (χ3n) is 2.04. The van der Waals surface area contributed by atoms with Crippen molar-refractivity contribution in [3.63, 3.8) is 0 Å². The number of alkyl carbamates (subject to hydrolysis) is 1. The predicted molar refractivity (Wildman–Crippen MR) is 64.7 cm³/mol. The van der Waals surface area contributed by atoms with Gasteiger partial charge in [-0.2, -0.15) is 0 Å². The summed E-state index contributed by atoms with van der Waals surface area (Å²) in [6.45, 7) is 0.0162. The summed E-state index contributed by atoms with van der Waals surface area (Å²) >= 11 is 0. The Morgan fingerprint density at radius 1 is 1.17 bits per heavy atom. The number of rotatable bonds is 6. The SMILES string of the molecule is O=C(CNC(=O)OCc1ccccc1)NCCO. The average Bonchev–Trinajstić information content (AvgIpc) is 2.41. The molecule has 0 aliphatic rings. The van der Waals surface area contributed by atoms with E-state index in [2.05, 4.69) is 10.6 Å². The predicted octanol–water partition coefficient (Wildman–Crippen LogP) is 0.0213. The van der Waals surface area contributed by atoms with Crippen LogP contribution in [0.1, 0.15) is 5.56 Å². The Hall–Kier alpha value is -2.08. The Kier molecular flexibility index (Phi) is 6.27. The van der Waals surface area contributed by atoms with Crippen LogP contribution in [-0.2, 0) is 16.1 Å². The first-order valence-electron chi connectivity index (χ1n) is 5.54. The average molecular weight is 252 g/mol. The topological polar surface area (TPSA) is 87.7 Å². The molecule has 3 N–H and O–H groups in total. The molecule has 0 bridgehead atoms. The van der Waals surface area contributed by atoms with Crippen LogP contribution in [0.2, 0.25) is 0 Å². The van der Waals surface area contributed by atoms with Crippen molar-refractivity contribution >= 4 is 12.0 Å². The van der Waals surface area contributed by atoms with E-state index < -0.39 is 6.09 Å². The lowest BCUT2D eigenvalue weighted by Gasteiger charge is -2.07. The Balaban J connectivity index is 2.16. The molecule has 0 aliphatic carbocycles. The molecule has 0 radical (unpaired) electrons. The van der Waals surface area contributed by atoms with Gasteiger partial charge in [-0.25, -0.2) is 4.79 Å². The molecule has 0 atom stereocenters. The van der Waals surface area contributed by atoms with Crippen LogP contribution < -0.4 is 10.6 Å². The quantitative estimate of drug-likeness (QED) is 0.666. The Morgan fingerprint density at radius 2 is 1.89 bits per heavy atom. The lowest BCUT2D eigenvalue weighted by molar-refractivity contribution is -0.120. The third kappa shape index (κ3) is 5.86. The Bertz CT molecular complexity index is 381. The molecule has 0 spiro atoms. The van der Waals surface area contributed by atoms with Crippen LogP contribution in [0.25, 0.3) is 0 Å². The van der Waals surface area contributed by atoms with Crippen molar-refractivity contribution in [2.45, 2.75) is 6.61 Å². The molecule has 6 nitrogen and oxygen atoms in total. The number of carbonyl (C=O) groups excluding carboxylic acids is 2. The number of nitrogens with one attached hydrogen (secondary N) is 2. The van der Waals surface area contributed by atoms with Gasteiger partial charge < -0.3 is 20.5 Å². The van der Waals surface area contributed by atoms with E-state index in [4.69, 9.17) is 9.84 Å². The van der Waals surface area contributed by atoms with Crippen LogP contribution in [0.4, 0.5) is 4.79 Å². The highest BCUT2D eigenvalue weighted by Gasteiger charge is 2.05. The van der Waals surface area contributed by atoms with E-state index in [1.54, 1.807) is 0 Å². The minimum absolute atomic E-state index is 0.135. The second kappa shape index (κ2) is 8.08. The van der Waals surface area contributed by atoms with E-state index in [9.17, 15) is 9.59 Å². The Labute approximate surface area is 105 Å².